The molecular formula is C32H37NO5. The number of hydrogen-bond donors (Lipinski definition) is 0. The van der Waals surface area contributed by atoms with Crippen molar-refractivity contribution in [3.05, 3.63) is 81.7 Å². The molecule has 0 atom stereocenters. The smallest absolute Gasteiger partial charge is 0.161 e. The number of rotatable bonds is 9. The molecule has 1 aliphatic heterocycles. The summed E-state index contributed by atoms with van der Waals surface area (Å²) in [6, 6.07) is 14.2. The van der Waals surface area contributed by atoms with Gasteiger partial charge in [0, 0.05) is 55.0 Å². The molecule has 0 N–H and O–H groups in total. The van der Waals surface area contributed by atoms with Gasteiger partial charge in [0.1, 0.15) is 6.61 Å². The largest absolute Gasteiger partial charge is 0.490 e. The lowest BCUT2D eigenvalue weighted by Gasteiger charge is -2.44. The molecule has 0 unspecified atom stereocenters. The van der Waals surface area contributed by atoms with Crippen molar-refractivity contribution in [1.82, 2.24) is 4.90 Å². The van der Waals surface area contributed by atoms with Crippen LogP contribution in [0.15, 0.2) is 65.0 Å². The number of Topliss-reactive ketones (excluding diaryl/α,β-unsaturated/α-hetero) is 2. The van der Waals surface area contributed by atoms with Crippen LogP contribution in [-0.4, -0.2) is 43.3 Å². The minimum Gasteiger partial charge on any atom is -0.490 e. The molecule has 6 heteroatoms. The van der Waals surface area contributed by atoms with Crippen molar-refractivity contribution in [2.24, 2.45) is 0 Å². The number of methoxy groups -OCH3 is 1. The van der Waals surface area contributed by atoms with Gasteiger partial charge in [-0.1, -0.05) is 35.9 Å². The van der Waals surface area contributed by atoms with Gasteiger partial charge in [-0.3, -0.25) is 9.59 Å². The van der Waals surface area contributed by atoms with Gasteiger partial charge in [0.25, 0.3) is 0 Å². The summed E-state index contributed by atoms with van der Waals surface area (Å²) in [6.07, 6.45) is 4.37. The molecule has 0 aromatic heterocycles. The Bertz CT molecular complexity index is 1230. The van der Waals surface area contributed by atoms with Crippen LogP contribution in [0.3, 0.4) is 0 Å². The Morgan fingerprint density at radius 2 is 1.50 bits per heavy atom. The Morgan fingerprint density at radius 3 is 2.11 bits per heavy atom. The van der Waals surface area contributed by atoms with E-state index in [9.17, 15) is 9.59 Å². The van der Waals surface area contributed by atoms with Gasteiger partial charge >= 0.3 is 0 Å². The summed E-state index contributed by atoms with van der Waals surface area (Å²) in [5.74, 6) is 1.20. The zero-order valence-electron chi connectivity index (χ0n) is 22.7. The van der Waals surface area contributed by atoms with Crippen molar-refractivity contribution < 1.29 is 23.8 Å². The van der Waals surface area contributed by atoms with Gasteiger partial charge in [0.05, 0.1) is 13.2 Å². The second-order valence-electron chi connectivity index (χ2n) is 10.3. The number of hydrogen-bond acceptors (Lipinski definition) is 6. The van der Waals surface area contributed by atoms with Gasteiger partial charge in [-0.05, 0) is 62.8 Å². The summed E-state index contributed by atoms with van der Waals surface area (Å²) < 4.78 is 17.6. The maximum absolute atomic E-state index is 13.5. The maximum atomic E-state index is 13.5. The van der Waals surface area contributed by atoms with Gasteiger partial charge in [-0.2, -0.15) is 0 Å². The molecule has 38 heavy (non-hydrogen) atoms. The van der Waals surface area contributed by atoms with E-state index in [1.807, 2.05) is 25.1 Å². The highest BCUT2D eigenvalue weighted by Crippen LogP contribution is 2.50. The molecule has 0 fully saturated rings. The van der Waals surface area contributed by atoms with Crippen LogP contribution in [-0.2, 0) is 20.9 Å². The minimum atomic E-state index is -0.371. The number of carbonyl (C=O) groups is 2. The first-order chi connectivity index (χ1) is 18.5. The molecule has 1 heterocycles. The van der Waals surface area contributed by atoms with E-state index in [-0.39, 0.29) is 17.5 Å². The Balaban J connectivity index is 1.55. The van der Waals surface area contributed by atoms with Crippen molar-refractivity contribution >= 4 is 11.6 Å². The molecule has 0 bridgehead atoms. The van der Waals surface area contributed by atoms with E-state index in [4.69, 9.17) is 14.2 Å². The second kappa shape index (κ2) is 11.6. The molecule has 2 aromatic carbocycles. The molecule has 2 aromatic rings. The predicted molar refractivity (Wildman–Crippen MR) is 146 cm³/mol. The van der Waals surface area contributed by atoms with Crippen LogP contribution in [0.5, 0.6) is 11.5 Å². The normalized spacial score (nSPS) is 18.0. The molecule has 0 radical (unpaired) electrons. The summed E-state index contributed by atoms with van der Waals surface area (Å²) >= 11 is 0. The highest BCUT2D eigenvalue weighted by Gasteiger charge is 2.43. The van der Waals surface area contributed by atoms with E-state index in [0.717, 1.165) is 59.4 Å². The SMILES string of the molecule is CCOc1cc(C2C3=C(CCCC3=O)N(CCOC)C3=C2C(=O)CCC3)ccc1OCc1ccc(C)cc1. The summed E-state index contributed by atoms with van der Waals surface area (Å²) in [5, 5.41) is 0. The van der Waals surface area contributed by atoms with Gasteiger partial charge in [-0.15, -0.1) is 0 Å². The maximum Gasteiger partial charge on any atom is 0.161 e. The fraction of sp³-hybridized carbons (Fsp3) is 0.438. The highest BCUT2D eigenvalue weighted by molar-refractivity contribution is 6.06. The van der Waals surface area contributed by atoms with E-state index in [1.54, 1.807) is 7.11 Å². The molecule has 2 aliphatic carbocycles. The van der Waals surface area contributed by atoms with E-state index in [0.29, 0.717) is 50.7 Å². The van der Waals surface area contributed by atoms with Gasteiger partial charge in [-0.25, -0.2) is 0 Å². The average Bonchev–Trinajstić information content (AvgIpc) is 2.92. The Hall–Kier alpha value is -3.38. The number of ketones is 2. The van der Waals surface area contributed by atoms with Crippen molar-refractivity contribution in [3.63, 3.8) is 0 Å². The number of allylic oxidation sites excluding steroid dienone is 4. The summed E-state index contributed by atoms with van der Waals surface area (Å²) in [4.78, 5) is 29.2. The Morgan fingerprint density at radius 1 is 0.842 bits per heavy atom. The number of benzene rings is 2. The standard InChI is InChI=1S/C32H37NO5/c1-4-37-29-19-23(15-16-28(29)38-20-22-13-11-21(2)12-14-22)30-31-24(7-5-9-26(31)34)33(17-18-36-3)25-8-6-10-27(35)32(25)30/h11-16,19,30H,4-10,17-18,20H2,1-3H3. The van der Waals surface area contributed by atoms with Crippen LogP contribution in [0, 0.1) is 6.92 Å². The Labute approximate surface area is 225 Å². The van der Waals surface area contributed by atoms with Crippen molar-refractivity contribution in [1.29, 1.82) is 0 Å². The third kappa shape index (κ3) is 5.14. The molecule has 0 amide bonds. The molecule has 0 saturated heterocycles. The summed E-state index contributed by atoms with van der Waals surface area (Å²) in [7, 11) is 1.69. The Kier molecular flexibility index (Phi) is 7.98. The number of nitrogens with zero attached hydrogens (tertiary/aromatic N) is 1. The fourth-order valence-corrected chi connectivity index (χ4v) is 5.94. The van der Waals surface area contributed by atoms with Crippen molar-refractivity contribution in [2.45, 2.75) is 64.9 Å². The topological polar surface area (TPSA) is 65.1 Å². The third-order valence-corrected chi connectivity index (χ3v) is 7.72. The van der Waals surface area contributed by atoms with Crippen LogP contribution in [0.1, 0.15) is 68.1 Å². The van der Waals surface area contributed by atoms with Crippen LogP contribution in [0.25, 0.3) is 0 Å². The molecule has 5 rings (SSSR count). The number of ether oxygens (including phenoxy) is 3. The number of aryl methyl sites for hydroxylation is 1. The lowest BCUT2D eigenvalue weighted by atomic mass is 9.71. The van der Waals surface area contributed by atoms with E-state index >= 15 is 0 Å². The zero-order chi connectivity index (χ0) is 26.6. The van der Waals surface area contributed by atoms with E-state index < -0.39 is 0 Å². The molecule has 0 saturated carbocycles. The van der Waals surface area contributed by atoms with Crippen molar-refractivity contribution in [2.75, 3.05) is 26.9 Å². The van der Waals surface area contributed by atoms with Gasteiger partial charge in [0.2, 0.25) is 0 Å². The van der Waals surface area contributed by atoms with E-state index in [1.165, 1.54) is 5.56 Å². The first-order valence-corrected chi connectivity index (χ1v) is 13.8. The minimum absolute atomic E-state index is 0.140. The van der Waals surface area contributed by atoms with Gasteiger partial charge in [0.15, 0.2) is 23.1 Å². The predicted octanol–water partition coefficient (Wildman–Crippen LogP) is 6.03. The molecular weight excluding hydrogens is 478 g/mol. The molecule has 6 nitrogen and oxygen atoms in total. The lowest BCUT2D eigenvalue weighted by molar-refractivity contribution is -0.117. The van der Waals surface area contributed by atoms with Crippen LogP contribution in [0.2, 0.25) is 0 Å². The zero-order valence-corrected chi connectivity index (χ0v) is 22.7. The van der Waals surface area contributed by atoms with Crippen molar-refractivity contribution in [3.8, 4) is 11.5 Å². The van der Waals surface area contributed by atoms with Gasteiger partial charge < -0.3 is 19.1 Å². The third-order valence-electron chi connectivity index (χ3n) is 7.72. The monoisotopic (exact) mass is 515 g/mol. The average molecular weight is 516 g/mol. The number of carbonyl (C=O) groups excluding carboxylic acids is 2. The first kappa shape index (κ1) is 26.2. The van der Waals surface area contributed by atoms with Crippen LogP contribution >= 0.6 is 0 Å². The molecule has 3 aliphatic rings. The molecule has 200 valence electrons. The second-order valence-corrected chi connectivity index (χ2v) is 10.3. The van der Waals surface area contributed by atoms with Crippen LogP contribution < -0.4 is 9.47 Å². The summed E-state index contributed by atoms with van der Waals surface area (Å²) in [5.41, 5.74) is 6.88. The first-order valence-electron chi connectivity index (χ1n) is 13.8. The van der Waals surface area contributed by atoms with E-state index in [2.05, 4.69) is 36.1 Å². The van der Waals surface area contributed by atoms with Crippen LogP contribution in [0.4, 0.5) is 0 Å². The lowest BCUT2D eigenvalue weighted by Crippen LogP contribution is -2.40. The summed E-state index contributed by atoms with van der Waals surface area (Å²) in [6.45, 7) is 6.12. The highest BCUT2D eigenvalue weighted by atomic mass is 16.5. The molecule has 0 spiro atoms. The fourth-order valence-electron chi connectivity index (χ4n) is 5.94. The quantitative estimate of drug-likeness (QED) is 0.406.